The van der Waals surface area contributed by atoms with Gasteiger partial charge in [-0.25, -0.2) is 4.79 Å². The van der Waals surface area contributed by atoms with Gasteiger partial charge in [-0.15, -0.1) is 0 Å². The Bertz CT molecular complexity index is 304. The molecular formula is C12H22N2O5. The van der Waals surface area contributed by atoms with Crippen LogP contribution in [0.5, 0.6) is 0 Å². The zero-order chi connectivity index (χ0) is 14.7. The lowest BCUT2D eigenvalue weighted by atomic mass is 10.3. The topological polar surface area (TPSA) is 105 Å². The third-order valence-electron chi connectivity index (χ3n) is 2.06. The number of nitrogens with one attached hydrogen (secondary N) is 2. The summed E-state index contributed by atoms with van der Waals surface area (Å²) in [7, 11) is 0. The van der Waals surface area contributed by atoms with E-state index in [9.17, 15) is 14.4 Å². The van der Waals surface area contributed by atoms with E-state index in [4.69, 9.17) is 9.84 Å². The average molecular weight is 274 g/mol. The number of rotatable bonds is 9. The van der Waals surface area contributed by atoms with Crippen molar-refractivity contribution in [3.8, 4) is 0 Å². The van der Waals surface area contributed by atoms with Crippen molar-refractivity contribution in [1.82, 2.24) is 10.6 Å². The summed E-state index contributed by atoms with van der Waals surface area (Å²) in [6.07, 6.45) is 1.06. The summed E-state index contributed by atoms with van der Waals surface area (Å²) in [6, 6.07) is -0.359. The third kappa shape index (κ3) is 12.5. The van der Waals surface area contributed by atoms with Crippen molar-refractivity contribution >= 4 is 18.0 Å². The maximum absolute atomic E-state index is 11.2. The van der Waals surface area contributed by atoms with Gasteiger partial charge < -0.3 is 20.5 Å². The molecule has 0 unspecified atom stereocenters. The van der Waals surface area contributed by atoms with Crippen LogP contribution in [-0.2, 0) is 14.3 Å². The molecule has 0 saturated carbocycles. The molecule has 0 aromatic heterocycles. The van der Waals surface area contributed by atoms with E-state index in [-0.39, 0.29) is 30.9 Å². The van der Waals surface area contributed by atoms with E-state index in [0.29, 0.717) is 25.9 Å². The minimum Gasteiger partial charge on any atom is -0.481 e. The predicted octanol–water partition coefficient (Wildman–Crippen LogP) is 0.882. The highest BCUT2D eigenvalue weighted by molar-refractivity contribution is 5.74. The van der Waals surface area contributed by atoms with Crippen LogP contribution in [0, 0.1) is 0 Å². The molecule has 0 aliphatic rings. The Morgan fingerprint density at radius 2 is 1.58 bits per heavy atom. The molecule has 0 aliphatic carbocycles. The van der Waals surface area contributed by atoms with Gasteiger partial charge in [0.25, 0.3) is 0 Å². The second-order valence-corrected chi connectivity index (χ2v) is 4.32. The van der Waals surface area contributed by atoms with Gasteiger partial charge in [0, 0.05) is 25.9 Å². The van der Waals surface area contributed by atoms with E-state index >= 15 is 0 Å². The zero-order valence-electron chi connectivity index (χ0n) is 11.4. The van der Waals surface area contributed by atoms with Crippen molar-refractivity contribution in [1.29, 1.82) is 0 Å². The molecule has 0 spiro atoms. The lowest BCUT2D eigenvalue weighted by Gasteiger charge is -2.08. The SMILES string of the molecule is CC(C)OC(=O)CCCNC(=O)NCCCC(=O)O. The Balaban J connectivity index is 3.43. The number of carbonyl (C=O) groups is 3. The predicted molar refractivity (Wildman–Crippen MR) is 68.7 cm³/mol. The Hall–Kier alpha value is -1.79. The Morgan fingerprint density at radius 3 is 2.05 bits per heavy atom. The van der Waals surface area contributed by atoms with Crippen LogP contribution in [0.2, 0.25) is 0 Å². The zero-order valence-corrected chi connectivity index (χ0v) is 11.4. The first kappa shape index (κ1) is 17.2. The Kier molecular flexibility index (Phi) is 9.20. The van der Waals surface area contributed by atoms with E-state index in [1.54, 1.807) is 13.8 Å². The summed E-state index contributed by atoms with van der Waals surface area (Å²) in [6.45, 7) is 4.24. The van der Waals surface area contributed by atoms with Gasteiger partial charge in [-0.2, -0.15) is 0 Å². The monoisotopic (exact) mass is 274 g/mol. The van der Waals surface area contributed by atoms with Gasteiger partial charge in [-0.3, -0.25) is 9.59 Å². The normalized spacial score (nSPS) is 10.1. The molecule has 0 rings (SSSR count). The summed E-state index contributed by atoms with van der Waals surface area (Å²) in [4.78, 5) is 32.6. The molecule has 0 aliphatic heterocycles. The molecule has 0 atom stereocenters. The Labute approximate surface area is 112 Å². The van der Waals surface area contributed by atoms with Crippen LogP contribution in [0.1, 0.15) is 39.5 Å². The van der Waals surface area contributed by atoms with Gasteiger partial charge in [0.05, 0.1) is 6.10 Å². The first-order chi connectivity index (χ1) is 8.91. The summed E-state index contributed by atoms with van der Waals surface area (Å²) in [5.74, 6) is -1.16. The standard InChI is InChI=1S/C12H22N2O5/c1-9(2)19-11(17)6-4-8-14-12(18)13-7-3-5-10(15)16/h9H,3-8H2,1-2H3,(H,15,16)(H2,13,14,18). The van der Waals surface area contributed by atoms with Gasteiger partial charge in [0.2, 0.25) is 0 Å². The lowest BCUT2D eigenvalue weighted by Crippen LogP contribution is -2.36. The van der Waals surface area contributed by atoms with E-state index in [1.165, 1.54) is 0 Å². The van der Waals surface area contributed by atoms with Crippen LogP contribution in [0.15, 0.2) is 0 Å². The summed E-state index contributed by atoms with van der Waals surface area (Å²) in [5, 5.41) is 13.5. The van der Waals surface area contributed by atoms with Crippen molar-refractivity contribution in [2.75, 3.05) is 13.1 Å². The van der Waals surface area contributed by atoms with E-state index in [0.717, 1.165) is 0 Å². The first-order valence-corrected chi connectivity index (χ1v) is 6.34. The lowest BCUT2D eigenvalue weighted by molar-refractivity contribution is -0.147. The van der Waals surface area contributed by atoms with Crippen molar-refractivity contribution in [3.05, 3.63) is 0 Å². The van der Waals surface area contributed by atoms with Crippen molar-refractivity contribution in [2.24, 2.45) is 0 Å². The first-order valence-electron chi connectivity index (χ1n) is 6.34. The number of carboxylic acid groups (broad SMARTS) is 1. The van der Waals surface area contributed by atoms with E-state index in [1.807, 2.05) is 0 Å². The fraction of sp³-hybridized carbons (Fsp3) is 0.750. The molecular weight excluding hydrogens is 252 g/mol. The van der Waals surface area contributed by atoms with Crippen LogP contribution in [-0.4, -0.2) is 42.3 Å². The van der Waals surface area contributed by atoms with E-state index < -0.39 is 5.97 Å². The van der Waals surface area contributed by atoms with Crippen molar-refractivity contribution in [3.63, 3.8) is 0 Å². The van der Waals surface area contributed by atoms with Crippen LogP contribution in [0.25, 0.3) is 0 Å². The number of aliphatic carboxylic acids is 1. The van der Waals surface area contributed by atoms with Gasteiger partial charge in [0.15, 0.2) is 0 Å². The molecule has 7 heteroatoms. The fourth-order valence-electron chi connectivity index (χ4n) is 1.26. The number of esters is 1. The molecule has 7 nitrogen and oxygen atoms in total. The number of amides is 2. The second kappa shape index (κ2) is 10.2. The maximum atomic E-state index is 11.2. The molecule has 2 amide bonds. The van der Waals surface area contributed by atoms with Gasteiger partial charge in [-0.05, 0) is 26.7 Å². The minimum absolute atomic E-state index is 0.0291. The number of hydrogen-bond acceptors (Lipinski definition) is 4. The van der Waals surface area contributed by atoms with Crippen LogP contribution >= 0.6 is 0 Å². The largest absolute Gasteiger partial charge is 0.481 e. The molecule has 0 saturated heterocycles. The molecule has 0 fully saturated rings. The van der Waals surface area contributed by atoms with E-state index in [2.05, 4.69) is 10.6 Å². The van der Waals surface area contributed by atoms with Gasteiger partial charge >= 0.3 is 18.0 Å². The second-order valence-electron chi connectivity index (χ2n) is 4.32. The molecule has 0 heterocycles. The fourth-order valence-corrected chi connectivity index (χ4v) is 1.26. The van der Waals surface area contributed by atoms with Crippen LogP contribution in [0.4, 0.5) is 4.79 Å². The average Bonchev–Trinajstić information content (AvgIpc) is 2.29. The third-order valence-corrected chi connectivity index (χ3v) is 2.06. The highest BCUT2D eigenvalue weighted by Crippen LogP contribution is 1.96. The van der Waals surface area contributed by atoms with Gasteiger partial charge in [-0.1, -0.05) is 0 Å². The number of carbonyl (C=O) groups excluding carboxylic acids is 2. The molecule has 0 bridgehead atoms. The molecule has 0 aromatic carbocycles. The highest BCUT2D eigenvalue weighted by atomic mass is 16.5. The van der Waals surface area contributed by atoms with Crippen molar-refractivity contribution < 1.29 is 24.2 Å². The quantitative estimate of drug-likeness (QED) is 0.427. The number of hydrogen-bond donors (Lipinski definition) is 3. The number of carboxylic acids is 1. The van der Waals surface area contributed by atoms with Crippen LogP contribution in [0.3, 0.4) is 0 Å². The number of ether oxygens (including phenoxy) is 1. The molecule has 19 heavy (non-hydrogen) atoms. The minimum atomic E-state index is -0.883. The summed E-state index contributed by atoms with van der Waals surface area (Å²) < 4.78 is 4.94. The Morgan fingerprint density at radius 1 is 1.05 bits per heavy atom. The molecule has 3 N–H and O–H groups in total. The molecule has 0 radical (unpaired) electrons. The smallest absolute Gasteiger partial charge is 0.314 e. The highest BCUT2D eigenvalue weighted by Gasteiger charge is 2.05. The molecule has 110 valence electrons. The molecule has 0 aromatic rings. The summed E-state index contributed by atoms with van der Waals surface area (Å²) in [5.41, 5.74) is 0. The van der Waals surface area contributed by atoms with Gasteiger partial charge in [0.1, 0.15) is 0 Å². The number of urea groups is 1. The van der Waals surface area contributed by atoms with Crippen molar-refractivity contribution in [2.45, 2.75) is 45.6 Å². The summed E-state index contributed by atoms with van der Waals surface area (Å²) >= 11 is 0. The maximum Gasteiger partial charge on any atom is 0.314 e. The van der Waals surface area contributed by atoms with Crippen LogP contribution < -0.4 is 10.6 Å².